The number of carbonyl (C=O) groups is 1. The van der Waals surface area contributed by atoms with E-state index in [0.29, 0.717) is 25.6 Å². The maximum absolute atomic E-state index is 12.4. The van der Waals surface area contributed by atoms with Crippen molar-refractivity contribution in [1.29, 1.82) is 0 Å². The second-order valence-electron chi connectivity index (χ2n) is 6.25. The summed E-state index contributed by atoms with van der Waals surface area (Å²) in [6.07, 6.45) is 8.06. The Labute approximate surface area is 147 Å². The van der Waals surface area contributed by atoms with Crippen LogP contribution in [0.5, 0.6) is 0 Å². The van der Waals surface area contributed by atoms with E-state index in [1.807, 2.05) is 29.6 Å². The van der Waals surface area contributed by atoms with E-state index in [4.69, 9.17) is 4.74 Å². The molecular weight excluding hydrogens is 320 g/mol. The molecule has 0 spiro atoms. The van der Waals surface area contributed by atoms with Crippen molar-refractivity contribution in [3.63, 3.8) is 0 Å². The molecule has 8 nitrogen and oxygen atoms in total. The largest absolute Gasteiger partial charge is 0.372 e. The summed E-state index contributed by atoms with van der Waals surface area (Å²) in [4.78, 5) is 27.2. The predicted molar refractivity (Wildman–Crippen MR) is 93.1 cm³/mol. The lowest BCUT2D eigenvalue weighted by Crippen LogP contribution is -2.34. The van der Waals surface area contributed by atoms with E-state index in [2.05, 4.69) is 20.3 Å². The average molecular weight is 344 g/mol. The molecule has 25 heavy (non-hydrogen) atoms. The highest BCUT2D eigenvalue weighted by atomic mass is 16.5. The third kappa shape index (κ3) is 4.33. The zero-order chi connectivity index (χ0) is 17.6. The maximum Gasteiger partial charge on any atom is 0.248 e. The van der Waals surface area contributed by atoms with E-state index in [-0.39, 0.29) is 24.5 Å². The molecule has 0 radical (unpaired) electrons. The average Bonchev–Trinajstić information content (AvgIpc) is 3.22. The van der Waals surface area contributed by atoms with Gasteiger partial charge < -0.3 is 19.5 Å². The number of aromatic nitrogens is 4. The Kier molecular flexibility index (Phi) is 5.60. The smallest absolute Gasteiger partial charge is 0.248 e. The van der Waals surface area contributed by atoms with Crippen LogP contribution in [-0.4, -0.2) is 62.7 Å². The predicted octanol–water partition coefficient (Wildman–Crippen LogP) is 1.04. The van der Waals surface area contributed by atoms with Gasteiger partial charge in [-0.1, -0.05) is 6.92 Å². The number of ether oxygens (including phenoxy) is 1. The molecule has 1 amide bonds. The van der Waals surface area contributed by atoms with Crippen molar-refractivity contribution in [1.82, 2.24) is 24.4 Å². The molecule has 0 aromatic carbocycles. The highest BCUT2D eigenvalue weighted by molar-refractivity contribution is 5.78. The highest BCUT2D eigenvalue weighted by Crippen LogP contribution is 2.28. The minimum absolute atomic E-state index is 0.00688. The van der Waals surface area contributed by atoms with Crippen LogP contribution in [0.15, 0.2) is 31.0 Å². The van der Waals surface area contributed by atoms with Crippen molar-refractivity contribution in [2.45, 2.75) is 25.3 Å². The van der Waals surface area contributed by atoms with Gasteiger partial charge in [0, 0.05) is 51.3 Å². The number of hydrogen-bond donors (Lipinski definition) is 1. The molecule has 2 aromatic heterocycles. The Balaban J connectivity index is 1.72. The Hall–Kier alpha value is -2.48. The monoisotopic (exact) mass is 344 g/mol. The quantitative estimate of drug-likeness (QED) is 0.756. The number of carbonyl (C=O) groups excluding carboxylic acids is 1. The van der Waals surface area contributed by atoms with Crippen LogP contribution in [0, 0.1) is 0 Å². The number of rotatable bonds is 7. The third-order valence-corrected chi connectivity index (χ3v) is 4.23. The SMILES string of the molecule is CCCOCC(=O)N1C[C@@H](Nc2ncccn2)[C@H](c2cn(C)cn2)C1. The summed E-state index contributed by atoms with van der Waals surface area (Å²) in [5.41, 5.74) is 0.959. The van der Waals surface area contributed by atoms with Gasteiger partial charge in [0.1, 0.15) is 6.61 Å². The van der Waals surface area contributed by atoms with Gasteiger partial charge in [-0.25, -0.2) is 15.0 Å². The van der Waals surface area contributed by atoms with Gasteiger partial charge in [-0.2, -0.15) is 0 Å². The molecule has 0 unspecified atom stereocenters. The molecular formula is C17H24N6O2. The molecule has 1 saturated heterocycles. The van der Waals surface area contributed by atoms with Crippen LogP contribution in [0.25, 0.3) is 0 Å². The summed E-state index contributed by atoms with van der Waals surface area (Å²) >= 11 is 0. The zero-order valence-corrected chi connectivity index (χ0v) is 14.6. The van der Waals surface area contributed by atoms with E-state index in [1.54, 1.807) is 24.8 Å². The fourth-order valence-electron chi connectivity index (χ4n) is 3.01. The van der Waals surface area contributed by atoms with Crippen LogP contribution in [-0.2, 0) is 16.6 Å². The molecule has 3 heterocycles. The van der Waals surface area contributed by atoms with E-state index >= 15 is 0 Å². The first-order chi connectivity index (χ1) is 12.2. The minimum Gasteiger partial charge on any atom is -0.372 e. The summed E-state index contributed by atoms with van der Waals surface area (Å²) in [5.74, 6) is 0.651. The molecule has 1 fully saturated rings. The number of nitrogens with zero attached hydrogens (tertiary/aromatic N) is 5. The summed E-state index contributed by atoms with van der Waals surface area (Å²) < 4.78 is 7.32. The first-order valence-corrected chi connectivity index (χ1v) is 8.54. The van der Waals surface area contributed by atoms with Gasteiger partial charge in [0.2, 0.25) is 11.9 Å². The van der Waals surface area contributed by atoms with Crippen LogP contribution in [0.1, 0.15) is 25.0 Å². The van der Waals surface area contributed by atoms with E-state index in [9.17, 15) is 4.79 Å². The van der Waals surface area contributed by atoms with E-state index < -0.39 is 0 Å². The summed E-state index contributed by atoms with van der Waals surface area (Å²) in [7, 11) is 1.94. The molecule has 0 saturated carbocycles. The Morgan fingerprint density at radius 3 is 2.80 bits per heavy atom. The molecule has 0 aliphatic carbocycles. The summed E-state index contributed by atoms with van der Waals surface area (Å²) in [5, 5.41) is 3.34. The second-order valence-corrected chi connectivity index (χ2v) is 6.25. The first-order valence-electron chi connectivity index (χ1n) is 8.54. The third-order valence-electron chi connectivity index (χ3n) is 4.23. The zero-order valence-electron chi connectivity index (χ0n) is 14.6. The maximum atomic E-state index is 12.4. The highest BCUT2D eigenvalue weighted by Gasteiger charge is 2.37. The second kappa shape index (κ2) is 8.06. The minimum atomic E-state index is 0.00688. The molecule has 8 heteroatoms. The van der Waals surface area contributed by atoms with Crippen LogP contribution in [0.4, 0.5) is 5.95 Å². The van der Waals surface area contributed by atoms with Gasteiger partial charge in [0.05, 0.1) is 18.1 Å². The lowest BCUT2D eigenvalue weighted by Gasteiger charge is -2.18. The van der Waals surface area contributed by atoms with Gasteiger partial charge in [-0.15, -0.1) is 0 Å². The van der Waals surface area contributed by atoms with Gasteiger partial charge in [-0.05, 0) is 12.5 Å². The Bertz CT molecular complexity index is 689. The van der Waals surface area contributed by atoms with E-state index in [0.717, 1.165) is 12.1 Å². The molecule has 2 atom stereocenters. The lowest BCUT2D eigenvalue weighted by molar-refractivity contribution is -0.135. The molecule has 0 bridgehead atoms. The van der Waals surface area contributed by atoms with Crippen molar-refractivity contribution in [3.8, 4) is 0 Å². The fourth-order valence-corrected chi connectivity index (χ4v) is 3.01. The number of nitrogens with one attached hydrogen (secondary N) is 1. The normalized spacial score (nSPS) is 20.0. The topological polar surface area (TPSA) is 85.2 Å². The van der Waals surface area contributed by atoms with Crippen LogP contribution >= 0.6 is 0 Å². The van der Waals surface area contributed by atoms with Crippen molar-refractivity contribution in [3.05, 3.63) is 36.7 Å². The first kappa shape index (κ1) is 17.3. The van der Waals surface area contributed by atoms with Gasteiger partial charge in [0.25, 0.3) is 0 Å². The van der Waals surface area contributed by atoms with Crippen molar-refractivity contribution in [2.24, 2.45) is 7.05 Å². The lowest BCUT2D eigenvalue weighted by atomic mass is 10.0. The molecule has 2 aromatic rings. The van der Waals surface area contributed by atoms with Crippen molar-refractivity contribution in [2.75, 3.05) is 31.6 Å². The summed E-state index contributed by atoms with van der Waals surface area (Å²) in [6.45, 7) is 3.93. The molecule has 3 rings (SSSR count). The number of aryl methyl sites for hydroxylation is 1. The van der Waals surface area contributed by atoms with Gasteiger partial charge in [0.15, 0.2) is 0 Å². The number of anilines is 1. The van der Waals surface area contributed by atoms with Crippen LogP contribution in [0.3, 0.4) is 0 Å². The Morgan fingerprint density at radius 2 is 2.12 bits per heavy atom. The van der Waals surface area contributed by atoms with Crippen LogP contribution < -0.4 is 5.32 Å². The number of likely N-dealkylation sites (tertiary alicyclic amines) is 1. The molecule has 1 aliphatic heterocycles. The van der Waals surface area contributed by atoms with Gasteiger partial charge >= 0.3 is 0 Å². The molecule has 1 aliphatic rings. The molecule has 134 valence electrons. The van der Waals surface area contributed by atoms with Crippen LogP contribution in [0.2, 0.25) is 0 Å². The van der Waals surface area contributed by atoms with Crippen molar-refractivity contribution >= 4 is 11.9 Å². The molecule has 1 N–H and O–H groups in total. The summed E-state index contributed by atoms with van der Waals surface area (Å²) in [6, 6.07) is 1.78. The number of hydrogen-bond acceptors (Lipinski definition) is 6. The van der Waals surface area contributed by atoms with E-state index in [1.165, 1.54) is 0 Å². The Morgan fingerprint density at radius 1 is 1.32 bits per heavy atom. The number of amides is 1. The van der Waals surface area contributed by atoms with Gasteiger partial charge in [-0.3, -0.25) is 4.79 Å². The standard InChI is InChI=1S/C17H24N6O2/c1-3-7-25-11-16(24)23-8-13(14-9-22(2)12-20-14)15(10-23)21-17-18-5-4-6-19-17/h4-6,9,12-13,15H,3,7-8,10-11H2,1-2H3,(H,18,19,21)/t13-,15+/m0/s1. The fraction of sp³-hybridized carbons (Fsp3) is 0.529. The van der Waals surface area contributed by atoms with Crippen molar-refractivity contribution < 1.29 is 9.53 Å². The number of imidazole rings is 1.